The zero-order valence-electron chi connectivity index (χ0n) is 15.0. The third-order valence-corrected chi connectivity index (χ3v) is 5.36. The van der Waals surface area contributed by atoms with Crippen molar-refractivity contribution in [1.29, 1.82) is 0 Å². The number of hydrogen-bond acceptors (Lipinski definition) is 3. The van der Waals surface area contributed by atoms with Gasteiger partial charge in [0.1, 0.15) is 12.2 Å². The maximum Gasteiger partial charge on any atom is 0.191 e. The largest absolute Gasteiger partial charge is 0.356 e. The first-order valence-corrected chi connectivity index (χ1v) is 9.38. The van der Waals surface area contributed by atoms with Crippen molar-refractivity contribution < 1.29 is 0 Å². The van der Waals surface area contributed by atoms with Crippen LogP contribution in [-0.2, 0) is 18.4 Å². The van der Waals surface area contributed by atoms with Crippen LogP contribution in [0.25, 0.3) is 0 Å². The van der Waals surface area contributed by atoms with Gasteiger partial charge in [-0.05, 0) is 18.1 Å². The van der Waals surface area contributed by atoms with Gasteiger partial charge in [-0.25, -0.2) is 9.67 Å². The number of halogens is 1. The first-order valence-electron chi connectivity index (χ1n) is 8.58. The summed E-state index contributed by atoms with van der Waals surface area (Å²) in [6.07, 6.45) is 3.61. The highest BCUT2D eigenvalue weighted by Crippen LogP contribution is 2.29. The molecule has 1 aliphatic heterocycles. The van der Waals surface area contributed by atoms with Crippen molar-refractivity contribution in [3.63, 3.8) is 0 Å². The molecule has 134 valence electrons. The van der Waals surface area contributed by atoms with Crippen molar-refractivity contribution in [1.82, 2.24) is 25.4 Å². The molecule has 1 atom stereocenters. The Morgan fingerprint density at radius 2 is 2.20 bits per heavy atom. The summed E-state index contributed by atoms with van der Waals surface area (Å²) in [5, 5.41) is 11.3. The molecular weight excluding hydrogens is 380 g/mol. The molecular formula is C18H25BrN6. The maximum atomic E-state index is 4.38. The summed E-state index contributed by atoms with van der Waals surface area (Å²) in [6.45, 7) is 6.07. The lowest BCUT2D eigenvalue weighted by molar-refractivity contribution is 0.391. The van der Waals surface area contributed by atoms with Gasteiger partial charge in [0.25, 0.3) is 0 Å². The minimum atomic E-state index is -0.0245. The highest BCUT2D eigenvalue weighted by atomic mass is 79.9. The molecule has 0 saturated carbocycles. The van der Waals surface area contributed by atoms with Gasteiger partial charge in [-0.2, -0.15) is 5.10 Å². The normalized spacial score (nSPS) is 17.9. The van der Waals surface area contributed by atoms with Gasteiger partial charge in [-0.15, -0.1) is 0 Å². The van der Waals surface area contributed by atoms with Crippen LogP contribution >= 0.6 is 15.9 Å². The van der Waals surface area contributed by atoms with E-state index in [4.69, 9.17) is 0 Å². The molecule has 1 aliphatic rings. The minimum absolute atomic E-state index is 0.0245. The molecule has 0 bridgehead atoms. The molecule has 0 saturated heterocycles. The average Bonchev–Trinajstić information content (AvgIpc) is 3.06. The number of nitrogens with one attached hydrogen (secondary N) is 2. The molecule has 3 rings (SSSR count). The van der Waals surface area contributed by atoms with Crippen LogP contribution in [0.5, 0.6) is 0 Å². The molecule has 1 unspecified atom stereocenters. The smallest absolute Gasteiger partial charge is 0.191 e. The van der Waals surface area contributed by atoms with Gasteiger partial charge in [-0.3, -0.25) is 4.99 Å². The number of aliphatic imine (C=N–C) groups is 1. The molecule has 2 N–H and O–H groups in total. The Labute approximate surface area is 157 Å². The Kier molecular flexibility index (Phi) is 5.42. The standard InChI is InChI=1S/C18H25BrN6/c1-18(2,14-6-4-5-7-15(14)19)11-21-17(20-3)24-13-8-9-16-22-12-23-25(16)10-13/h4-7,12-13H,8-11H2,1-3H3,(H2,20,21,24). The van der Waals surface area contributed by atoms with Crippen molar-refractivity contribution >= 4 is 21.9 Å². The van der Waals surface area contributed by atoms with Crippen molar-refractivity contribution in [3.8, 4) is 0 Å². The predicted molar refractivity (Wildman–Crippen MR) is 104 cm³/mol. The van der Waals surface area contributed by atoms with Gasteiger partial charge < -0.3 is 10.6 Å². The van der Waals surface area contributed by atoms with Crippen LogP contribution in [0.15, 0.2) is 40.1 Å². The van der Waals surface area contributed by atoms with Gasteiger partial charge in [0.05, 0.1) is 6.54 Å². The van der Waals surface area contributed by atoms with Gasteiger partial charge in [-0.1, -0.05) is 48.0 Å². The summed E-state index contributed by atoms with van der Waals surface area (Å²) in [5.41, 5.74) is 1.26. The Hall–Kier alpha value is -1.89. The molecule has 7 heteroatoms. The number of fused-ring (bicyclic) bond motifs is 1. The number of aromatic nitrogens is 3. The van der Waals surface area contributed by atoms with E-state index in [1.54, 1.807) is 6.33 Å². The van der Waals surface area contributed by atoms with E-state index in [1.165, 1.54) is 5.56 Å². The number of benzene rings is 1. The van der Waals surface area contributed by atoms with Crippen molar-refractivity contribution in [2.24, 2.45) is 4.99 Å². The Morgan fingerprint density at radius 3 is 2.96 bits per heavy atom. The summed E-state index contributed by atoms with van der Waals surface area (Å²) >= 11 is 3.66. The molecule has 0 spiro atoms. The quantitative estimate of drug-likeness (QED) is 0.606. The van der Waals surface area contributed by atoms with E-state index in [-0.39, 0.29) is 5.41 Å². The lowest BCUT2D eigenvalue weighted by Gasteiger charge is -2.30. The fraction of sp³-hybridized carbons (Fsp3) is 0.500. The minimum Gasteiger partial charge on any atom is -0.356 e. The third-order valence-electron chi connectivity index (χ3n) is 4.67. The molecule has 0 fully saturated rings. The van der Waals surface area contributed by atoms with E-state index in [0.717, 1.165) is 42.2 Å². The average molecular weight is 405 g/mol. The molecule has 6 nitrogen and oxygen atoms in total. The van der Waals surface area contributed by atoms with Gasteiger partial charge in [0, 0.05) is 35.9 Å². The number of aryl methyl sites for hydroxylation is 1. The third kappa shape index (κ3) is 4.21. The van der Waals surface area contributed by atoms with Crippen molar-refractivity contribution in [2.75, 3.05) is 13.6 Å². The van der Waals surface area contributed by atoms with Crippen LogP contribution in [0.2, 0.25) is 0 Å². The second kappa shape index (κ2) is 7.56. The fourth-order valence-corrected chi connectivity index (χ4v) is 3.97. The first kappa shape index (κ1) is 17.9. The van der Waals surface area contributed by atoms with E-state index in [1.807, 2.05) is 17.8 Å². The summed E-state index contributed by atoms with van der Waals surface area (Å²) < 4.78 is 3.11. The van der Waals surface area contributed by atoms with Crippen molar-refractivity contribution in [3.05, 3.63) is 46.5 Å². The molecule has 0 radical (unpaired) electrons. The summed E-state index contributed by atoms with van der Waals surface area (Å²) in [7, 11) is 1.81. The van der Waals surface area contributed by atoms with E-state index in [0.29, 0.717) is 6.04 Å². The van der Waals surface area contributed by atoms with Gasteiger partial charge >= 0.3 is 0 Å². The molecule has 1 aromatic heterocycles. The zero-order chi connectivity index (χ0) is 17.9. The summed E-state index contributed by atoms with van der Waals surface area (Å²) in [6, 6.07) is 8.68. The lowest BCUT2D eigenvalue weighted by atomic mass is 9.84. The lowest BCUT2D eigenvalue weighted by Crippen LogP contribution is -2.49. The summed E-state index contributed by atoms with van der Waals surface area (Å²) in [4.78, 5) is 8.66. The molecule has 2 aromatic rings. The molecule has 2 heterocycles. The number of nitrogens with zero attached hydrogens (tertiary/aromatic N) is 4. The number of rotatable bonds is 4. The fourth-order valence-electron chi connectivity index (χ4n) is 3.15. The van der Waals surface area contributed by atoms with Crippen molar-refractivity contribution in [2.45, 2.75) is 44.7 Å². The van der Waals surface area contributed by atoms with Crippen LogP contribution in [0, 0.1) is 0 Å². The van der Waals surface area contributed by atoms with Crippen LogP contribution in [-0.4, -0.2) is 40.4 Å². The monoisotopic (exact) mass is 404 g/mol. The van der Waals surface area contributed by atoms with Crippen LogP contribution in [0.1, 0.15) is 31.7 Å². The number of guanidine groups is 1. The van der Waals surface area contributed by atoms with Gasteiger partial charge in [0.15, 0.2) is 5.96 Å². The topological polar surface area (TPSA) is 67.1 Å². The van der Waals surface area contributed by atoms with Crippen LogP contribution < -0.4 is 10.6 Å². The van der Waals surface area contributed by atoms with E-state index in [2.05, 4.69) is 73.7 Å². The maximum absolute atomic E-state index is 4.38. The Balaban J connectivity index is 1.59. The molecule has 0 amide bonds. The Bertz CT molecular complexity index is 752. The van der Waals surface area contributed by atoms with Gasteiger partial charge in [0.2, 0.25) is 0 Å². The highest BCUT2D eigenvalue weighted by Gasteiger charge is 2.24. The predicted octanol–water partition coefficient (Wildman–Crippen LogP) is 2.50. The molecule has 25 heavy (non-hydrogen) atoms. The highest BCUT2D eigenvalue weighted by molar-refractivity contribution is 9.10. The van der Waals surface area contributed by atoms with E-state index >= 15 is 0 Å². The molecule has 1 aromatic carbocycles. The number of hydrogen-bond donors (Lipinski definition) is 2. The second-order valence-corrected chi connectivity index (χ2v) is 7.88. The summed E-state index contributed by atoms with van der Waals surface area (Å²) in [5.74, 6) is 1.89. The Morgan fingerprint density at radius 1 is 1.40 bits per heavy atom. The zero-order valence-corrected chi connectivity index (χ0v) is 16.5. The second-order valence-electron chi connectivity index (χ2n) is 7.03. The van der Waals surface area contributed by atoms with E-state index in [9.17, 15) is 0 Å². The van der Waals surface area contributed by atoms with E-state index < -0.39 is 0 Å². The van der Waals surface area contributed by atoms with Crippen LogP contribution in [0.3, 0.4) is 0 Å². The SMILES string of the molecule is CN=C(NCC(C)(C)c1ccccc1Br)NC1CCc2ncnn2C1. The van der Waals surface area contributed by atoms with Crippen LogP contribution in [0.4, 0.5) is 0 Å². The molecule has 0 aliphatic carbocycles. The first-order chi connectivity index (χ1) is 12.0.